The fourth-order valence-corrected chi connectivity index (χ4v) is 2.47. The molecule has 0 aliphatic rings. The molecule has 2 aromatic rings. The first-order valence-electron chi connectivity index (χ1n) is 6.48. The van der Waals surface area contributed by atoms with Crippen LogP contribution in [0.15, 0.2) is 40.9 Å². The first-order valence-corrected chi connectivity index (χ1v) is 7.27. The lowest BCUT2D eigenvalue weighted by molar-refractivity contribution is 0.217. The number of aliphatic hydroxyl groups excluding tert-OH is 1. The molecule has 1 N–H and O–H groups in total. The second-order valence-electron chi connectivity index (χ2n) is 4.90. The van der Waals surface area contributed by atoms with Crippen molar-refractivity contribution in [1.82, 2.24) is 0 Å². The topological polar surface area (TPSA) is 29.5 Å². The van der Waals surface area contributed by atoms with E-state index in [-0.39, 0.29) is 16.1 Å². The molecule has 0 amide bonds. The molecule has 0 spiro atoms. The fourth-order valence-electron chi connectivity index (χ4n) is 1.93. The maximum absolute atomic E-state index is 13.5. The average molecular weight is 357 g/mol. The van der Waals surface area contributed by atoms with Crippen LogP contribution in [0.1, 0.15) is 31.1 Å². The summed E-state index contributed by atoms with van der Waals surface area (Å²) in [6, 6.07) is 9.19. The Hall–Kier alpha value is -1.46. The van der Waals surface area contributed by atoms with Crippen LogP contribution in [0.2, 0.25) is 0 Å². The molecule has 21 heavy (non-hydrogen) atoms. The summed E-state index contributed by atoms with van der Waals surface area (Å²) in [4.78, 5) is 0. The summed E-state index contributed by atoms with van der Waals surface area (Å²) in [7, 11) is 0. The minimum atomic E-state index is -1.05. The Labute approximate surface area is 130 Å². The third kappa shape index (κ3) is 3.60. The Balaban J connectivity index is 2.28. The van der Waals surface area contributed by atoms with Crippen LogP contribution in [0.25, 0.3) is 0 Å². The Morgan fingerprint density at radius 1 is 1.05 bits per heavy atom. The number of rotatable bonds is 4. The van der Waals surface area contributed by atoms with E-state index in [1.54, 1.807) is 24.3 Å². The summed E-state index contributed by atoms with van der Waals surface area (Å²) >= 11 is 2.98. The van der Waals surface area contributed by atoms with Crippen molar-refractivity contribution < 1.29 is 18.6 Å². The molecule has 0 aliphatic heterocycles. The Kier molecular flexibility index (Phi) is 4.96. The van der Waals surface area contributed by atoms with Crippen LogP contribution in [0, 0.1) is 11.6 Å². The zero-order chi connectivity index (χ0) is 15.6. The molecule has 5 heteroatoms. The van der Waals surface area contributed by atoms with Crippen molar-refractivity contribution in [3.05, 3.63) is 63.6 Å². The first kappa shape index (κ1) is 15.9. The standard InChI is InChI=1S/C16H15BrF2O2/c1-9(2)21-11-5-3-10(4-6-11)16(20)12-7-8-13(18)15(19)14(12)17/h3-9,16,20H,1-2H3. The second-order valence-corrected chi connectivity index (χ2v) is 5.70. The molecule has 0 saturated carbocycles. The number of ether oxygens (including phenoxy) is 1. The van der Waals surface area contributed by atoms with Gasteiger partial charge in [-0.2, -0.15) is 0 Å². The van der Waals surface area contributed by atoms with Crippen molar-refractivity contribution in [2.75, 3.05) is 0 Å². The highest BCUT2D eigenvalue weighted by Gasteiger charge is 2.18. The molecular weight excluding hydrogens is 342 g/mol. The van der Waals surface area contributed by atoms with Gasteiger partial charge in [-0.25, -0.2) is 8.78 Å². The molecule has 0 heterocycles. The molecule has 0 saturated heterocycles. The van der Waals surface area contributed by atoms with Crippen molar-refractivity contribution in [3.8, 4) is 5.75 Å². The number of halogens is 3. The molecule has 112 valence electrons. The summed E-state index contributed by atoms with van der Waals surface area (Å²) < 4.78 is 32.1. The van der Waals surface area contributed by atoms with Crippen molar-refractivity contribution in [3.63, 3.8) is 0 Å². The predicted molar refractivity (Wildman–Crippen MR) is 80.3 cm³/mol. The van der Waals surface area contributed by atoms with Gasteiger partial charge in [-0.1, -0.05) is 18.2 Å². The van der Waals surface area contributed by atoms with Crippen LogP contribution in [-0.4, -0.2) is 11.2 Å². The van der Waals surface area contributed by atoms with Crippen molar-refractivity contribution in [1.29, 1.82) is 0 Å². The van der Waals surface area contributed by atoms with Crippen molar-refractivity contribution in [2.24, 2.45) is 0 Å². The van der Waals surface area contributed by atoms with Gasteiger partial charge in [0.25, 0.3) is 0 Å². The van der Waals surface area contributed by atoms with Gasteiger partial charge in [0.05, 0.1) is 10.6 Å². The summed E-state index contributed by atoms with van der Waals surface area (Å²) in [6.07, 6.45) is -0.997. The molecule has 1 unspecified atom stereocenters. The smallest absolute Gasteiger partial charge is 0.173 e. The van der Waals surface area contributed by atoms with Crippen LogP contribution in [-0.2, 0) is 0 Å². The first-order chi connectivity index (χ1) is 9.90. The van der Waals surface area contributed by atoms with Crippen LogP contribution in [0.5, 0.6) is 5.75 Å². The molecule has 2 nitrogen and oxygen atoms in total. The van der Waals surface area contributed by atoms with E-state index >= 15 is 0 Å². The minimum Gasteiger partial charge on any atom is -0.491 e. The van der Waals surface area contributed by atoms with Gasteiger partial charge in [-0.15, -0.1) is 0 Å². The van der Waals surface area contributed by atoms with E-state index < -0.39 is 17.7 Å². The largest absolute Gasteiger partial charge is 0.491 e. The summed E-state index contributed by atoms with van der Waals surface area (Å²) in [5, 5.41) is 10.3. The van der Waals surface area contributed by atoms with E-state index in [2.05, 4.69) is 15.9 Å². The molecule has 0 aromatic heterocycles. The third-order valence-corrected chi connectivity index (χ3v) is 3.73. The van der Waals surface area contributed by atoms with Gasteiger partial charge in [0.1, 0.15) is 11.9 Å². The van der Waals surface area contributed by atoms with Gasteiger partial charge in [0, 0.05) is 5.56 Å². The van der Waals surface area contributed by atoms with Gasteiger partial charge in [-0.05, 0) is 53.5 Å². The molecule has 2 rings (SSSR count). The highest BCUT2D eigenvalue weighted by atomic mass is 79.9. The van der Waals surface area contributed by atoms with E-state index in [1.165, 1.54) is 6.07 Å². The number of benzene rings is 2. The van der Waals surface area contributed by atoms with Gasteiger partial charge in [-0.3, -0.25) is 0 Å². The molecule has 0 fully saturated rings. The quantitative estimate of drug-likeness (QED) is 0.811. The Morgan fingerprint density at radius 2 is 1.67 bits per heavy atom. The molecule has 2 aromatic carbocycles. The summed E-state index contributed by atoms with van der Waals surface area (Å²) in [5.41, 5.74) is 0.837. The zero-order valence-electron chi connectivity index (χ0n) is 11.6. The Morgan fingerprint density at radius 3 is 2.24 bits per heavy atom. The fraction of sp³-hybridized carbons (Fsp3) is 0.250. The molecule has 1 atom stereocenters. The second kappa shape index (κ2) is 6.54. The normalized spacial score (nSPS) is 12.5. The van der Waals surface area contributed by atoms with Gasteiger partial charge < -0.3 is 9.84 Å². The monoisotopic (exact) mass is 356 g/mol. The van der Waals surface area contributed by atoms with Crippen LogP contribution < -0.4 is 4.74 Å². The van der Waals surface area contributed by atoms with E-state index in [4.69, 9.17) is 4.74 Å². The van der Waals surface area contributed by atoms with Crippen molar-refractivity contribution in [2.45, 2.75) is 26.1 Å². The van der Waals surface area contributed by atoms with E-state index in [1.807, 2.05) is 13.8 Å². The van der Waals surface area contributed by atoms with E-state index in [0.717, 1.165) is 6.07 Å². The SMILES string of the molecule is CC(C)Oc1ccc(C(O)c2ccc(F)c(F)c2Br)cc1. The highest BCUT2D eigenvalue weighted by molar-refractivity contribution is 9.10. The maximum Gasteiger partial charge on any atom is 0.173 e. The molecule has 0 radical (unpaired) electrons. The van der Waals surface area contributed by atoms with Crippen LogP contribution in [0.3, 0.4) is 0 Å². The lowest BCUT2D eigenvalue weighted by atomic mass is 10.0. The predicted octanol–water partition coefficient (Wildman–Crippen LogP) is 4.60. The lowest BCUT2D eigenvalue weighted by Gasteiger charge is -2.15. The highest BCUT2D eigenvalue weighted by Crippen LogP contribution is 2.32. The summed E-state index contributed by atoms with van der Waals surface area (Å²) in [6.45, 7) is 3.84. The van der Waals surface area contributed by atoms with Gasteiger partial charge in [0.15, 0.2) is 11.6 Å². The Bertz CT molecular complexity index is 627. The van der Waals surface area contributed by atoms with Gasteiger partial charge >= 0.3 is 0 Å². The van der Waals surface area contributed by atoms with E-state index in [0.29, 0.717) is 11.3 Å². The van der Waals surface area contributed by atoms with Gasteiger partial charge in [0.2, 0.25) is 0 Å². The molecule has 0 aliphatic carbocycles. The van der Waals surface area contributed by atoms with E-state index in [9.17, 15) is 13.9 Å². The number of hydrogen-bond acceptors (Lipinski definition) is 2. The number of aliphatic hydroxyl groups is 1. The van der Waals surface area contributed by atoms with Crippen LogP contribution in [0.4, 0.5) is 8.78 Å². The molecule has 0 bridgehead atoms. The summed E-state index contributed by atoms with van der Waals surface area (Å²) in [5.74, 6) is -1.28. The molecular formula is C16H15BrF2O2. The zero-order valence-corrected chi connectivity index (χ0v) is 13.2. The number of hydrogen-bond donors (Lipinski definition) is 1. The van der Waals surface area contributed by atoms with Crippen LogP contribution >= 0.6 is 15.9 Å². The average Bonchev–Trinajstić information content (AvgIpc) is 2.44. The van der Waals surface area contributed by atoms with Crippen molar-refractivity contribution >= 4 is 15.9 Å². The lowest BCUT2D eigenvalue weighted by Crippen LogP contribution is -2.06. The third-order valence-electron chi connectivity index (χ3n) is 2.93. The maximum atomic E-state index is 13.5. The minimum absolute atomic E-state index is 0.0566.